The predicted octanol–water partition coefficient (Wildman–Crippen LogP) is 4.15. The lowest BCUT2D eigenvalue weighted by Crippen LogP contribution is -1.87. The number of alkyl halides is 1. The maximum atomic E-state index is 5.67. The second-order valence-corrected chi connectivity index (χ2v) is 5.99. The highest BCUT2D eigenvalue weighted by Crippen LogP contribution is 2.34. The van der Waals surface area contributed by atoms with Gasteiger partial charge < -0.3 is 4.74 Å². The van der Waals surface area contributed by atoms with Crippen molar-refractivity contribution in [1.82, 2.24) is 10.2 Å². The monoisotopic (exact) mass is 346 g/mol. The van der Waals surface area contributed by atoms with Crippen LogP contribution in [-0.2, 0) is 6.42 Å². The van der Waals surface area contributed by atoms with Gasteiger partial charge in [-0.3, -0.25) is 0 Å². The van der Waals surface area contributed by atoms with Gasteiger partial charge in [0, 0.05) is 16.8 Å². The highest BCUT2D eigenvalue weighted by Gasteiger charge is 2.11. The van der Waals surface area contributed by atoms with Gasteiger partial charge in [-0.2, -0.15) is 0 Å². The lowest BCUT2D eigenvalue weighted by molar-refractivity contribution is 0.416. The van der Waals surface area contributed by atoms with Crippen LogP contribution in [0.1, 0.15) is 11.4 Å². The molecule has 0 aliphatic heterocycles. The summed E-state index contributed by atoms with van der Waals surface area (Å²) < 4.78 is 6.34. The molecule has 96 valence electrons. The van der Waals surface area contributed by atoms with E-state index in [0.29, 0.717) is 5.88 Å². The zero-order valence-electron chi connectivity index (χ0n) is 9.82. The minimum absolute atomic E-state index is 0.649. The molecule has 0 spiro atoms. The fourth-order valence-corrected chi connectivity index (χ4v) is 2.91. The third-order valence-electron chi connectivity index (χ3n) is 2.39. The Kier molecular flexibility index (Phi) is 4.97. The van der Waals surface area contributed by atoms with E-state index in [9.17, 15) is 0 Å². The van der Waals surface area contributed by atoms with Crippen LogP contribution in [0.15, 0.2) is 22.7 Å². The smallest absolute Gasteiger partial charge is 0.151 e. The van der Waals surface area contributed by atoms with Gasteiger partial charge in [-0.25, -0.2) is 0 Å². The van der Waals surface area contributed by atoms with Crippen molar-refractivity contribution in [2.45, 2.75) is 12.8 Å². The zero-order chi connectivity index (χ0) is 13.0. The molecule has 3 nitrogen and oxygen atoms in total. The van der Waals surface area contributed by atoms with Gasteiger partial charge in [0.1, 0.15) is 10.8 Å². The van der Waals surface area contributed by atoms with Crippen molar-refractivity contribution >= 4 is 38.9 Å². The first kappa shape index (κ1) is 13.8. The molecule has 1 aromatic carbocycles. The van der Waals surface area contributed by atoms with E-state index < -0.39 is 0 Å². The van der Waals surface area contributed by atoms with Crippen molar-refractivity contribution in [3.05, 3.63) is 27.7 Å². The summed E-state index contributed by atoms with van der Waals surface area (Å²) in [5, 5.41) is 10.3. The van der Waals surface area contributed by atoms with Crippen LogP contribution in [0.4, 0.5) is 0 Å². The lowest BCUT2D eigenvalue weighted by atomic mass is 10.2. The molecule has 0 saturated carbocycles. The molecule has 0 bridgehead atoms. The summed E-state index contributed by atoms with van der Waals surface area (Å²) in [6.45, 7) is 0. The Morgan fingerprint density at radius 3 is 2.94 bits per heavy atom. The minimum Gasteiger partial charge on any atom is -0.496 e. The molecule has 18 heavy (non-hydrogen) atoms. The second-order valence-electron chi connectivity index (χ2n) is 3.64. The predicted molar refractivity (Wildman–Crippen MR) is 78.6 cm³/mol. The van der Waals surface area contributed by atoms with Crippen molar-refractivity contribution in [1.29, 1.82) is 0 Å². The van der Waals surface area contributed by atoms with E-state index >= 15 is 0 Å². The fraction of sp³-hybridized carbons (Fsp3) is 0.333. The van der Waals surface area contributed by atoms with Gasteiger partial charge in [0.25, 0.3) is 0 Å². The summed E-state index contributed by atoms with van der Waals surface area (Å²) in [6, 6.07) is 5.88. The number of aryl methyl sites for hydroxylation is 1. The van der Waals surface area contributed by atoms with E-state index in [2.05, 4.69) is 26.1 Å². The summed E-state index contributed by atoms with van der Waals surface area (Å²) in [7, 11) is 1.65. The van der Waals surface area contributed by atoms with Crippen LogP contribution in [0.3, 0.4) is 0 Å². The van der Waals surface area contributed by atoms with E-state index in [1.54, 1.807) is 18.4 Å². The lowest BCUT2D eigenvalue weighted by Gasteiger charge is -2.05. The quantitative estimate of drug-likeness (QED) is 0.762. The van der Waals surface area contributed by atoms with Crippen molar-refractivity contribution in [2.75, 3.05) is 13.0 Å². The molecule has 1 heterocycles. The summed E-state index contributed by atoms with van der Waals surface area (Å²) in [4.78, 5) is 0. The Balaban J connectivity index is 2.28. The van der Waals surface area contributed by atoms with E-state index in [1.807, 2.05) is 18.2 Å². The molecular weight excluding hydrogens is 336 g/mol. The van der Waals surface area contributed by atoms with Crippen LogP contribution in [-0.4, -0.2) is 23.2 Å². The average Bonchev–Trinajstić information content (AvgIpc) is 2.84. The maximum absolute atomic E-state index is 5.67. The number of rotatable bonds is 5. The topological polar surface area (TPSA) is 35.0 Å². The SMILES string of the molecule is COc1cc(Br)ccc1-c1nnc(CCCCl)s1. The average molecular weight is 348 g/mol. The van der Waals surface area contributed by atoms with Gasteiger partial charge in [-0.1, -0.05) is 27.3 Å². The number of aromatic nitrogens is 2. The normalized spacial score (nSPS) is 10.6. The van der Waals surface area contributed by atoms with Crippen molar-refractivity contribution in [3.63, 3.8) is 0 Å². The molecule has 0 aliphatic carbocycles. The number of nitrogens with zero attached hydrogens (tertiary/aromatic N) is 2. The summed E-state index contributed by atoms with van der Waals surface area (Å²) in [6.07, 6.45) is 1.80. The molecule has 2 rings (SSSR count). The van der Waals surface area contributed by atoms with Crippen LogP contribution in [0.5, 0.6) is 5.75 Å². The molecule has 0 N–H and O–H groups in total. The summed E-state index contributed by atoms with van der Waals surface area (Å²) in [5.74, 6) is 1.45. The van der Waals surface area contributed by atoms with Crippen LogP contribution in [0.25, 0.3) is 10.6 Å². The van der Waals surface area contributed by atoms with Crippen LogP contribution < -0.4 is 4.74 Å². The van der Waals surface area contributed by atoms with Gasteiger partial charge in [0.15, 0.2) is 5.01 Å². The molecule has 0 atom stereocenters. The number of ether oxygens (including phenoxy) is 1. The standard InChI is InChI=1S/C12H12BrClN2OS/c1-17-10-7-8(13)4-5-9(10)12-16-15-11(18-12)3-2-6-14/h4-5,7H,2-3,6H2,1H3. The molecule has 1 aromatic heterocycles. The third-order valence-corrected chi connectivity index (χ3v) is 4.16. The Bertz CT molecular complexity index is 533. The van der Waals surface area contributed by atoms with Gasteiger partial charge >= 0.3 is 0 Å². The van der Waals surface area contributed by atoms with Gasteiger partial charge in [-0.15, -0.1) is 21.8 Å². The third kappa shape index (κ3) is 3.22. The number of hydrogen-bond acceptors (Lipinski definition) is 4. The van der Waals surface area contributed by atoms with Crippen molar-refractivity contribution < 1.29 is 4.74 Å². The van der Waals surface area contributed by atoms with E-state index in [4.69, 9.17) is 16.3 Å². The highest BCUT2D eigenvalue weighted by molar-refractivity contribution is 9.10. The van der Waals surface area contributed by atoms with E-state index in [-0.39, 0.29) is 0 Å². The first-order valence-electron chi connectivity index (χ1n) is 5.47. The van der Waals surface area contributed by atoms with Crippen LogP contribution >= 0.6 is 38.9 Å². The zero-order valence-corrected chi connectivity index (χ0v) is 13.0. The number of halogens is 2. The highest BCUT2D eigenvalue weighted by atomic mass is 79.9. The van der Waals surface area contributed by atoms with Crippen LogP contribution in [0, 0.1) is 0 Å². The molecule has 0 saturated heterocycles. The molecule has 6 heteroatoms. The second kappa shape index (κ2) is 6.50. The Morgan fingerprint density at radius 1 is 1.39 bits per heavy atom. The first-order valence-corrected chi connectivity index (χ1v) is 7.61. The molecule has 2 aromatic rings. The molecule has 0 aliphatic rings. The van der Waals surface area contributed by atoms with Gasteiger partial charge in [0.05, 0.1) is 12.7 Å². The minimum atomic E-state index is 0.649. The number of methoxy groups -OCH3 is 1. The molecule has 0 fully saturated rings. The molecular formula is C12H12BrClN2OS. The van der Waals surface area contributed by atoms with Gasteiger partial charge in [-0.05, 0) is 24.6 Å². The number of benzene rings is 1. The summed E-state index contributed by atoms with van der Waals surface area (Å²) >= 11 is 10.7. The fourth-order valence-electron chi connectivity index (χ4n) is 1.52. The van der Waals surface area contributed by atoms with E-state index in [0.717, 1.165) is 38.6 Å². The van der Waals surface area contributed by atoms with Crippen LogP contribution in [0.2, 0.25) is 0 Å². The van der Waals surface area contributed by atoms with E-state index in [1.165, 1.54) is 0 Å². The molecule has 0 unspecified atom stereocenters. The maximum Gasteiger partial charge on any atom is 0.151 e. The molecule has 0 amide bonds. The summed E-state index contributed by atoms with van der Waals surface area (Å²) in [5.41, 5.74) is 0.968. The molecule has 0 radical (unpaired) electrons. The Labute approximate surface area is 123 Å². The number of hydrogen-bond donors (Lipinski definition) is 0. The van der Waals surface area contributed by atoms with Crippen molar-refractivity contribution in [3.8, 4) is 16.3 Å². The van der Waals surface area contributed by atoms with Crippen molar-refractivity contribution in [2.24, 2.45) is 0 Å². The Hall–Kier alpha value is -0.650. The largest absolute Gasteiger partial charge is 0.496 e. The Morgan fingerprint density at radius 2 is 2.22 bits per heavy atom. The van der Waals surface area contributed by atoms with Gasteiger partial charge in [0.2, 0.25) is 0 Å². The first-order chi connectivity index (χ1) is 8.74.